The SMILES string of the molecule is N#Cc1cnn2cc(C3=CCOC3)cc(-c3cnc(N4CC5CC(C4)N5Cc4ccc(O)nc4)cn3)c12. The fourth-order valence-corrected chi connectivity index (χ4v) is 5.64. The molecule has 4 aliphatic rings. The van der Waals surface area contributed by atoms with Crippen LogP contribution in [0.25, 0.3) is 22.3 Å². The lowest BCUT2D eigenvalue weighted by Gasteiger charge is -2.56. The molecule has 3 fully saturated rings. The van der Waals surface area contributed by atoms with Gasteiger partial charge in [0.05, 0.1) is 48.6 Å². The molecule has 3 saturated heterocycles. The number of aromatic nitrogens is 5. The normalized spacial score (nSPS) is 21.1. The molecule has 2 bridgehead atoms. The van der Waals surface area contributed by atoms with Crippen LogP contribution in [-0.4, -0.2) is 73.0 Å². The van der Waals surface area contributed by atoms with Gasteiger partial charge in [0.25, 0.3) is 0 Å². The van der Waals surface area contributed by atoms with Gasteiger partial charge in [-0.1, -0.05) is 12.1 Å². The maximum Gasteiger partial charge on any atom is 0.210 e. The smallest absolute Gasteiger partial charge is 0.210 e. The zero-order chi connectivity index (χ0) is 24.9. The van der Waals surface area contributed by atoms with Crippen LogP contribution in [0.1, 0.15) is 23.1 Å². The molecular weight excluding hydrogens is 468 g/mol. The molecule has 184 valence electrons. The number of hydrogen-bond acceptors (Lipinski definition) is 9. The van der Waals surface area contributed by atoms with Crippen molar-refractivity contribution in [3.8, 4) is 23.2 Å². The number of piperazine rings is 1. The predicted octanol–water partition coefficient (Wildman–Crippen LogP) is 2.64. The molecule has 0 aromatic carbocycles. The third kappa shape index (κ3) is 3.80. The second-order valence-electron chi connectivity index (χ2n) is 9.76. The van der Waals surface area contributed by atoms with Crippen LogP contribution in [0.5, 0.6) is 5.88 Å². The molecule has 10 heteroatoms. The van der Waals surface area contributed by atoms with E-state index in [1.165, 1.54) is 6.42 Å². The van der Waals surface area contributed by atoms with Gasteiger partial charge in [-0.15, -0.1) is 0 Å². The van der Waals surface area contributed by atoms with Gasteiger partial charge in [-0.2, -0.15) is 10.4 Å². The van der Waals surface area contributed by atoms with E-state index in [4.69, 9.17) is 14.7 Å². The number of anilines is 1. The monoisotopic (exact) mass is 492 g/mol. The molecule has 8 rings (SSSR count). The van der Waals surface area contributed by atoms with Crippen LogP contribution in [0.4, 0.5) is 5.82 Å². The maximum absolute atomic E-state index is 9.65. The Hall–Kier alpha value is -4.33. The standard InChI is InChI=1S/C27H24N8O2/c28-7-20-9-32-35-13-19(18-3-4-37-16-18)5-23(27(20)35)24-10-30-25(11-29-24)33-14-21-6-22(15-33)34(21)12-17-1-2-26(36)31-8-17/h1-3,5,8-11,13,21-22H,4,6,12,14-16H2,(H,31,36). The Kier molecular flexibility index (Phi) is 5.13. The first kappa shape index (κ1) is 21.9. The molecule has 0 spiro atoms. The van der Waals surface area contributed by atoms with Gasteiger partial charge in [0.1, 0.15) is 11.9 Å². The summed E-state index contributed by atoms with van der Waals surface area (Å²) in [6.07, 6.45) is 12.1. The van der Waals surface area contributed by atoms with E-state index in [1.807, 2.05) is 24.5 Å². The molecule has 8 heterocycles. The van der Waals surface area contributed by atoms with Crippen LogP contribution in [0.15, 0.2) is 55.3 Å². The van der Waals surface area contributed by atoms with Crippen LogP contribution in [-0.2, 0) is 11.3 Å². The number of hydrogen-bond donors (Lipinski definition) is 1. The second kappa shape index (κ2) is 8.65. The molecule has 10 nitrogen and oxygen atoms in total. The van der Waals surface area contributed by atoms with Crippen molar-refractivity contribution in [2.75, 3.05) is 31.2 Å². The lowest BCUT2D eigenvalue weighted by molar-refractivity contribution is -0.00878. The minimum absolute atomic E-state index is 0.0509. The Morgan fingerprint density at radius 3 is 2.68 bits per heavy atom. The van der Waals surface area contributed by atoms with Gasteiger partial charge in [0.2, 0.25) is 5.88 Å². The minimum Gasteiger partial charge on any atom is -0.493 e. The Balaban J connectivity index is 1.13. The lowest BCUT2D eigenvalue weighted by atomic mass is 9.87. The molecule has 4 aromatic heterocycles. The van der Waals surface area contributed by atoms with E-state index in [-0.39, 0.29) is 5.88 Å². The maximum atomic E-state index is 9.65. The summed E-state index contributed by atoms with van der Waals surface area (Å²) in [5.41, 5.74) is 5.97. The Bertz CT molecular complexity index is 1540. The van der Waals surface area contributed by atoms with E-state index >= 15 is 0 Å². The van der Waals surface area contributed by atoms with Crippen molar-refractivity contribution in [1.82, 2.24) is 29.5 Å². The number of aromatic hydroxyl groups is 1. The van der Waals surface area contributed by atoms with Crippen molar-refractivity contribution in [1.29, 1.82) is 5.26 Å². The summed E-state index contributed by atoms with van der Waals surface area (Å²) in [6, 6.07) is 8.78. The number of rotatable bonds is 5. The van der Waals surface area contributed by atoms with Gasteiger partial charge < -0.3 is 14.7 Å². The van der Waals surface area contributed by atoms with Crippen LogP contribution in [0.3, 0.4) is 0 Å². The fourth-order valence-electron chi connectivity index (χ4n) is 5.64. The summed E-state index contributed by atoms with van der Waals surface area (Å²) in [4.78, 5) is 18.4. The van der Waals surface area contributed by atoms with Crippen molar-refractivity contribution in [3.63, 3.8) is 0 Å². The highest BCUT2D eigenvalue weighted by molar-refractivity contribution is 5.85. The molecule has 0 saturated carbocycles. The third-order valence-electron chi connectivity index (χ3n) is 7.57. The van der Waals surface area contributed by atoms with Crippen molar-refractivity contribution in [3.05, 3.63) is 71.9 Å². The zero-order valence-electron chi connectivity index (χ0n) is 20.0. The number of ether oxygens (including phenoxy) is 1. The van der Waals surface area contributed by atoms with Gasteiger partial charge >= 0.3 is 0 Å². The number of fused-ring (bicyclic) bond motifs is 3. The quantitative estimate of drug-likeness (QED) is 0.449. The summed E-state index contributed by atoms with van der Waals surface area (Å²) >= 11 is 0. The average molecular weight is 493 g/mol. The molecule has 4 aliphatic heterocycles. The topological polar surface area (TPSA) is 116 Å². The van der Waals surface area contributed by atoms with E-state index in [9.17, 15) is 10.4 Å². The van der Waals surface area contributed by atoms with Gasteiger partial charge in [0.15, 0.2) is 0 Å². The van der Waals surface area contributed by atoms with Crippen molar-refractivity contribution in [2.24, 2.45) is 0 Å². The number of pyridine rings is 2. The summed E-state index contributed by atoms with van der Waals surface area (Å²) in [5, 5.41) is 23.5. The second-order valence-corrected chi connectivity index (χ2v) is 9.76. The van der Waals surface area contributed by atoms with Crippen LogP contribution < -0.4 is 4.90 Å². The summed E-state index contributed by atoms with van der Waals surface area (Å²) in [5.74, 6) is 0.910. The van der Waals surface area contributed by atoms with E-state index in [0.717, 1.165) is 53.2 Å². The molecule has 2 atom stereocenters. The number of piperidine rings is 1. The molecule has 0 amide bonds. The summed E-state index contributed by atoms with van der Waals surface area (Å²) in [7, 11) is 0. The van der Waals surface area contributed by atoms with Crippen LogP contribution >= 0.6 is 0 Å². The van der Waals surface area contributed by atoms with E-state index in [2.05, 4.69) is 32.0 Å². The summed E-state index contributed by atoms with van der Waals surface area (Å²) < 4.78 is 7.26. The Morgan fingerprint density at radius 2 is 1.97 bits per heavy atom. The van der Waals surface area contributed by atoms with E-state index in [0.29, 0.717) is 36.6 Å². The number of nitrogens with zero attached hydrogens (tertiary/aromatic N) is 8. The van der Waals surface area contributed by atoms with Crippen LogP contribution in [0.2, 0.25) is 0 Å². The molecule has 1 N–H and O–H groups in total. The van der Waals surface area contributed by atoms with E-state index in [1.54, 1.807) is 29.2 Å². The van der Waals surface area contributed by atoms with Crippen LogP contribution in [0, 0.1) is 11.3 Å². The molecular formula is C27H24N8O2. The molecule has 0 radical (unpaired) electrons. The third-order valence-corrected chi connectivity index (χ3v) is 7.57. The molecule has 37 heavy (non-hydrogen) atoms. The molecule has 0 aliphatic carbocycles. The first-order valence-corrected chi connectivity index (χ1v) is 12.3. The van der Waals surface area contributed by atoms with Gasteiger partial charge in [-0.3, -0.25) is 9.88 Å². The first-order chi connectivity index (χ1) is 18.2. The van der Waals surface area contributed by atoms with Crippen molar-refractivity contribution < 1.29 is 9.84 Å². The predicted molar refractivity (Wildman–Crippen MR) is 136 cm³/mol. The lowest BCUT2D eigenvalue weighted by Crippen LogP contribution is -2.68. The Labute approximate surface area is 213 Å². The highest BCUT2D eigenvalue weighted by Gasteiger charge is 2.44. The minimum atomic E-state index is 0.0509. The van der Waals surface area contributed by atoms with Crippen molar-refractivity contribution in [2.45, 2.75) is 25.0 Å². The molecule has 2 unspecified atom stereocenters. The molecule has 4 aromatic rings. The average Bonchev–Trinajstić information content (AvgIpc) is 3.63. The van der Waals surface area contributed by atoms with Crippen molar-refractivity contribution >= 4 is 16.9 Å². The highest BCUT2D eigenvalue weighted by Crippen LogP contribution is 2.36. The largest absolute Gasteiger partial charge is 0.493 e. The fraction of sp³-hybridized carbons (Fsp3) is 0.296. The van der Waals surface area contributed by atoms with Gasteiger partial charge in [0, 0.05) is 55.7 Å². The van der Waals surface area contributed by atoms with Gasteiger partial charge in [-0.05, 0) is 29.2 Å². The summed E-state index contributed by atoms with van der Waals surface area (Å²) in [6.45, 7) is 3.78. The Morgan fingerprint density at radius 1 is 1.08 bits per heavy atom. The van der Waals surface area contributed by atoms with E-state index < -0.39 is 0 Å². The van der Waals surface area contributed by atoms with Gasteiger partial charge in [-0.25, -0.2) is 14.5 Å². The first-order valence-electron chi connectivity index (χ1n) is 12.3. The zero-order valence-corrected chi connectivity index (χ0v) is 20.0. The number of nitriles is 1. The highest BCUT2D eigenvalue weighted by atomic mass is 16.5.